The number of phenolic OH excluding ortho intramolecular Hbond substituents is 1. The molecule has 196 valence electrons. The van der Waals surface area contributed by atoms with Crippen molar-refractivity contribution in [2.24, 2.45) is 0 Å². The number of nitrogens with one attached hydrogen (secondary N) is 2. The average molecular weight is 546 g/mol. The molecule has 0 aliphatic carbocycles. The number of benzene rings is 2. The van der Waals surface area contributed by atoms with Crippen LogP contribution in [-0.2, 0) is 0 Å². The zero-order valence-corrected chi connectivity index (χ0v) is 22.1. The number of aromatic nitrogens is 1. The van der Waals surface area contributed by atoms with Gasteiger partial charge in [0.15, 0.2) is 0 Å². The molecular weight excluding hydrogens is 517 g/mol. The number of carbonyl (C=O) groups excluding carboxylic acids is 2. The lowest BCUT2D eigenvalue weighted by molar-refractivity contribution is 0.102. The number of amides is 2. The number of methoxy groups -OCH3 is 1. The van der Waals surface area contributed by atoms with E-state index in [9.17, 15) is 14.7 Å². The molecule has 0 spiro atoms. The summed E-state index contributed by atoms with van der Waals surface area (Å²) in [6.07, 6.45) is 2.53. The summed E-state index contributed by atoms with van der Waals surface area (Å²) in [6.45, 7) is 3.92. The third-order valence-corrected chi connectivity index (χ3v) is 6.21. The molecule has 0 atom stereocenters. The van der Waals surface area contributed by atoms with Gasteiger partial charge in [0.2, 0.25) is 0 Å². The van der Waals surface area contributed by atoms with Gasteiger partial charge in [0, 0.05) is 42.0 Å². The van der Waals surface area contributed by atoms with E-state index in [2.05, 4.69) is 32.5 Å². The van der Waals surface area contributed by atoms with E-state index in [-0.39, 0.29) is 40.2 Å². The minimum atomic E-state index is -0.595. The van der Waals surface area contributed by atoms with Crippen LogP contribution in [0.1, 0.15) is 27.1 Å². The van der Waals surface area contributed by atoms with Gasteiger partial charge in [-0.1, -0.05) is 11.6 Å². The second-order valence-electron chi connectivity index (χ2n) is 8.53. The monoisotopic (exact) mass is 545 g/mol. The van der Waals surface area contributed by atoms with Crippen LogP contribution in [0.25, 0.3) is 0 Å². The van der Waals surface area contributed by atoms with Gasteiger partial charge in [-0.2, -0.15) is 0 Å². The zero-order valence-electron chi connectivity index (χ0n) is 20.5. The van der Waals surface area contributed by atoms with E-state index < -0.39 is 11.8 Å². The fourth-order valence-corrected chi connectivity index (χ4v) is 4.19. The van der Waals surface area contributed by atoms with Gasteiger partial charge in [-0.05, 0) is 62.5 Å². The number of pyridine rings is 1. The number of hydrogen-bond acceptors (Lipinski definition) is 7. The Balaban J connectivity index is 0.00000380. The van der Waals surface area contributed by atoms with E-state index in [0.717, 1.165) is 38.3 Å². The Kier molecular flexibility index (Phi) is 9.57. The zero-order chi connectivity index (χ0) is 25.7. The van der Waals surface area contributed by atoms with E-state index in [4.69, 9.17) is 16.3 Å². The molecule has 0 saturated carbocycles. The number of rotatable bonds is 6. The van der Waals surface area contributed by atoms with Crippen LogP contribution in [0.5, 0.6) is 11.5 Å². The third kappa shape index (κ3) is 7.03. The first-order chi connectivity index (χ1) is 17.3. The summed E-state index contributed by atoms with van der Waals surface area (Å²) >= 11 is 6.08. The second-order valence-corrected chi connectivity index (χ2v) is 8.97. The first-order valence-corrected chi connectivity index (χ1v) is 11.9. The molecule has 37 heavy (non-hydrogen) atoms. The maximum absolute atomic E-state index is 13.0. The summed E-state index contributed by atoms with van der Waals surface area (Å²) in [5, 5.41) is 15.9. The molecule has 3 N–H and O–H groups in total. The van der Waals surface area contributed by atoms with Crippen LogP contribution in [0.3, 0.4) is 0 Å². The number of phenols is 1. The number of hydrogen-bond donors (Lipinski definition) is 3. The highest BCUT2D eigenvalue weighted by molar-refractivity contribution is 6.31. The predicted octanol–water partition coefficient (Wildman–Crippen LogP) is 4.52. The lowest BCUT2D eigenvalue weighted by Crippen LogP contribution is -2.28. The summed E-state index contributed by atoms with van der Waals surface area (Å²) in [5.74, 6) is -0.578. The molecule has 1 saturated heterocycles. The summed E-state index contributed by atoms with van der Waals surface area (Å²) in [5.41, 5.74) is 1.39. The molecule has 1 aromatic heterocycles. The van der Waals surface area contributed by atoms with Gasteiger partial charge in [-0.25, -0.2) is 4.98 Å². The molecule has 11 heteroatoms. The highest BCUT2D eigenvalue weighted by atomic mass is 35.5. The molecule has 2 amide bonds. The van der Waals surface area contributed by atoms with Crippen molar-refractivity contribution in [2.45, 2.75) is 6.42 Å². The molecule has 2 heterocycles. The first kappa shape index (κ1) is 28.0. The fraction of sp³-hybridized carbons (Fsp3) is 0.269. The highest BCUT2D eigenvalue weighted by Gasteiger charge is 2.20. The van der Waals surface area contributed by atoms with Crippen molar-refractivity contribution >= 4 is 53.0 Å². The minimum Gasteiger partial charge on any atom is -0.506 e. The fourth-order valence-electron chi connectivity index (χ4n) is 3.98. The summed E-state index contributed by atoms with van der Waals surface area (Å²) in [6, 6.07) is 13.1. The van der Waals surface area contributed by atoms with Crippen LogP contribution in [0.15, 0.2) is 54.7 Å². The Morgan fingerprint density at radius 3 is 2.43 bits per heavy atom. The van der Waals surface area contributed by atoms with Crippen molar-refractivity contribution in [3.63, 3.8) is 0 Å². The van der Waals surface area contributed by atoms with E-state index in [1.165, 1.54) is 25.4 Å². The largest absolute Gasteiger partial charge is 0.506 e. The topological polar surface area (TPSA) is 107 Å². The van der Waals surface area contributed by atoms with E-state index in [0.29, 0.717) is 11.3 Å². The van der Waals surface area contributed by atoms with Crippen molar-refractivity contribution in [3.8, 4) is 11.5 Å². The highest BCUT2D eigenvalue weighted by Crippen LogP contribution is 2.33. The Morgan fingerprint density at radius 2 is 1.76 bits per heavy atom. The molecule has 1 fully saturated rings. The molecule has 0 bridgehead atoms. The van der Waals surface area contributed by atoms with Gasteiger partial charge >= 0.3 is 0 Å². The smallest absolute Gasteiger partial charge is 0.259 e. The lowest BCUT2D eigenvalue weighted by Gasteiger charge is -2.23. The van der Waals surface area contributed by atoms with Crippen LogP contribution in [0, 0.1) is 0 Å². The SMILES string of the molecule is COc1ccc(NC(=O)c2cc(Cl)cc(O)c2NC(=O)c2ccc(N3CCCN(C)CC3)cc2)nc1.Cl. The molecule has 3 aromatic rings. The second kappa shape index (κ2) is 12.6. The molecular formula is C26H29Cl2N5O4. The Morgan fingerprint density at radius 1 is 1.00 bits per heavy atom. The predicted molar refractivity (Wildman–Crippen MR) is 148 cm³/mol. The number of likely N-dealkylation sites (N-methyl/N-ethyl adjacent to an activating group) is 1. The van der Waals surface area contributed by atoms with Gasteiger partial charge in [0.05, 0.1) is 24.6 Å². The maximum atomic E-state index is 13.0. The quantitative estimate of drug-likeness (QED) is 0.391. The lowest BCUT2D eigenvalue weighted by atomic mass is 10.1. The van der Waals surface area contributed by atoms with Crippen molar-refractivity contribution in [3.05, 3.63) is 70.9 Å². The standard InChI is InChI=1S/C26H28ClN5O4.ClH/c1-31-10-3-11-32(13-12-31)19-6-4-17(5-7-19)25(34)30-24-21(14-18(27)15-22(24)33)26(35)29-23-9-8-20(36-2)16-28-23;/h4-9,14-16,33H,3,10-13H2,1-2H3,(H,30,34)(H,28,29,35);1H. The number of halogens is 2. The van der Waals surface area contributed by atoms with Crippen molar-refractivity contribution in [2.75, 3.05) is 55.9 Å². The molecule has 1 aliphatic heterocycles. The molecule has 9 nitrogen and oxygen atoms in total. The van der Waals surface area contributed by atoms with E-state index in [1.54, 1.807) is 24.3 Å². The van der Waals surface area contributed by atoms with Crippen LogP contribution in [0.2, 0.25) is 5.02 Å². The molecule has 1 aliphatic rings. The van der Waals surface area contributed by atoms with Crippen LogP contribution in [0.4, 0.5) is 17.2 Å². The van der Waals surface area contributed by atoms with E-state index >= 15 is 0 Å². The summed E-state index contributed by atoms with van der Waals surface area (Å²) < 4.78 is 5.07. The normalized spacial score (nSPS) is 13.8. The van der Waals surface area contributed by atoms with Crippen LogP contribution >= 0.6 is 24.0 Å². The number of ether oxygens (including phenoxy) is 1. The summed E-state index contributed by atoms with van der Waals surface area (Å²) in [7, 11) is 3.63. The third-order valence-electron chi connectivity index (χ3n) is 5.99. The van der Waals surface area contributed by atoms with E-state index in [1.807, 2.05) is 12.1 Å². The van der Waals surface area contributed by atoms with Gasteiger partial charge in [-0.3, -0.25) is 9.59 Å². The van der Waals surface area contributed by atoms with Gasteiger partial charge in [-0.15, -0.1) is 12.4 Å². The number of carbonyl (C=O) groups is 2. The van der Waals surface area contributed by atoms with Crippen molar-refractivity contribution in [1.29, 1.82) is 0 Å². The van der Waals surface area contributed by atoms with Crippen LogP contribution < -0.4 is 20.3 Å². The average Bonchev–Trinajstić information content (AvgIpc) is 3.10. The molecule has 2 aromatic carbocycles. The van der Waals surface area contributed by atoms with Gasteiger partial charge in [0.1, 0.15) is 17.3 Å². The first-order valence-electron chi connectivity index (χ1n) is 11.5. The van der Waals surface area contributed by atoms with Crippen molar-refractivity contribution in [1.82, 2.24) is 9.88 Å². The molecule has 4 rings (SSSR count). The Labute approximate surface area is 226 Å². The number of aromatic hydroxyl groups is 1. The molecule has 0 radical (unpaired) electrons. The van der Waals surface area contributed by atoms with Crippen molar-refractivity contribution < 1.29 is 19.4 Å². The number of anilines is 3. The van der Waals surface area contributed by atoms with Gasteiger partial charge < -0.3 is 30.3 Å². The maximum Gasteiger partial charge on any atom is 0.259 e. The Bertz CT molecular complexity index is 1240. The molecule has 0 unspecified atom stereocenters. The van der Waals surface area contributed by atoms with Gasteiger partial charge in [0.25, 0.3) is 11.8 Å². The summed E-state index contributed by atoms with van der Waals surface area (Å²) in [4.78, 5) is 34.7. The minimum absolute atomic E-state index is 0. The number of nitrogens with zero attached hydrogens (tertiary/aromatic N) is 3. The van der Waals surface area contributed by atoms with Crippen LogP contribution in [-0.4, -0.2) is 67.1 Å². The Hall–Kier alpha value is -3.53.